The summed E-state index contributed by atoms with van der Waals surface area (Å²) in [4.78, 5) is 17.9. The van der Waals surface area contributed by atoms with E-state index in [-0.39, 0.29) is 42.3 Å². The number of aryl methyl sites for hydroxylation is 2. The Kier molecular flexibility index (Phi) is 14.1. The van der Waals surface area contributed by atoms with Crippen molar-refractivity contribution < 1.29 is 29.2 Å². The smallest absolute Gasteiger partial charge is 0.188 e. The van der Waals surface area contributed by atoms with Gasteiger partial charge in [0.25, 0.3) is 0 Å². The molecule has 6 rings (SSSR count). The lowest BCUT2D eigenvalue weighted by Gasteiger charge is -2.34. The van der Waals surface area contributed by atoms with Gasteiger partial charge >= 0.3 is 0 Å². The van der Waals surface area contributed by atoms with E-state index in [0.29, 0.717) is 80.5 Å². The van der Waals surface area contributed by atoms with Gasteiger partial charge in [0.2, 0.25) is 0 Å². The van der Waals surface area contributed by atoms with Gasteiger partial charge in [-0.2, -0.15) is 0 Å². The zero-order chi connectivity index (χ0) is 37.3. The number of nitrogens with zero attached hydrogens (tertiary/aromatic N) is 1. The monoisotopic (exact) mass is 764 g/mol. The molecule has 6 N–H and O–H groups in total. The fourth-order valence-electron chi connectivity index (χ4n) is 7.76. The third-order valence-electron chi connectivity index (χ3n) is 11.1. The Morgan fingerprint density at radius 3 is 2.66 bits per heavy atom. The number of nitrogens with two attached hydrogens (primary N) is 1. The largest absolute Gasteiger partial charge is 0.504 e. The summed E-state index contributed by atoms with van der Waals surface area (Å²) in [6.07, 6.45) is 6.98. The van der Waals surface area contributed by atoms with Crippen LogP contribution in [0, 0.1) is 29.6 Å². The number of carbonyl (C=O) groups is 1. The number of aliphatic hydroxyl groups excluding tert-OH is 1. The number of guanidine groups is 1. The van der Waals surface area contributed by atoms with Crippen LogP contribution in [0.5, 0.6) is 23.0 Å². The van der Waals surface area contributed by atoms with E-state index >= 15 is 0 Å². The fraction of sp³-hybridized carbons (Fsp3) is 0.610. The maximum absolute atomic E-state index is 13.1. The standard InChI is InChI=1S/C41H56N4O6S2/c1-25(2)36-23-53-52-22-30(20-43-41(42)45-36)29-18-35-27-12-15-33(47)19-32(46)14-11-26-13-16-37(48)39(49-3)34(26)10-6-7-28(17-27)38(40(35)50-21-29)51-24-44-31-8-4-5-9-31/h13,16-17,25,29-31,33,36,44,47-48H,4-5,7-9,11-12,14-15,18-24H2,1-3H3,(H3,42,43,45)/t29-,30-,33-,36+/m1/s1. The van der Waals surface area contributed by atoms with Gasteiger partial charge in [0, 0.05) is 66.4 Å². The summed E-state index contributed by atoms with van der Waals surface area (Å²) in [5.74, 6) is 11.7. The predicted octanol–water partition coefficient (Wildman–Crippen LogP) is 5.55. The highest BCUT2D eigenvalue weighted by atomic mass is 33.1. The van der Waals surface area contributed by atoms with Crippen molar-refractivity contribution in [3.8, 4) is 34.8 Å². The summed E-state index contributed by atoms with van der Waals surface area (Å²) >= 11 is 0. The van der Waals surface area contributed by atoms with Crippen molar-refractivity contribution >= 4 is 33.3 Å². The Morgan fingerprint density at radius 1 is 1.06 bits per heavy atom. The van der Waals surface area contributed by atoms with E-state index in [1.165, 1.54) is 20.0 Å². The van der Waals surface area contributed by atoms with Crippen molar-refractivity contribution in [1.29, 1.82) is 0 Å². The minimum absolute atomic E-state index is 0.00176. The summed E-state index contributed by atoms with van der Waals surface area (Å²) in [6.45, 7) is 5.91. The van der Waals surface area contributed by atoms with E-state index in [9.17, 15) is 15.0 Å². The molecule has 12 heteroatoms. The molecule has 2 bridgehead atoms. The fourth-order valence-corrected chi connectivity index (χ4v) is 10.7. The van der Waals surface area contributed by atoms with Crippen molar-refractivity contribution in [3.63, 3.8) is 0 Å². The first kappa shape index (κ1) is 39.5. The highest BCUT2D eigenvalue weighted by Crippen LogP contribution is 2.45. The second-order valence-electron chi connectivity index (χ2n) is 15.2. The molecular weight excluding hydrogens is 709 g/mol. The van der Waals surface area contributed by atoms with Crippen molar-refractivity contribution in [2.24, 2.45) is 28.5 Å². The Labute approximate surface area is 322 Å². The maximum Gasteiger partial charge on any atom is 0.188 e. The number of methoxy groups -OCH3 is 1. The van der Waals surface area contributed by atoms with Gasteiger partial charge in [-0.3, -0.25) is 15.1 Å². The number of aliphatic hydroxyl groups is 1. The van der Waals surface area contributed by atoms with Gasteiger partial charge in [0.05, 0.1) is 25.4 Å². The van der Waals surface area contributed by atoms with Crippen LogP contribution in [0.2, 0.25) is 0 Å². The number of Topliss-reactive ketones (excluding diaryl/α,β-unsaturated/α-hetero) is 1. The molecule has 0 saturated heterocycles. The van der Waals surface area contributed by atoms with Crippen LogP contribution in [0.25, 0.3) is 0 Å². The van der Waals surface area contributed by atoms with Crippen molar-refractivity contribution in [3.05, 3.63) is 46.0 Å². The van der Waals surface area contributed by atoms with Gasteiger partial charge < -0.3 is 35.5 Å². The van der Waals surface area contributed by atoms with Gasteiger partial charge in [0.1, 0.15) is 12.5 Å². The Hall–Kier alpha value is -3.24. The molecule has 2 aliphatic carbocycles. The molecule has 0 amide bonds. The van der Waals surface area contributed by atoms with E-state index in [4.69, 9.17) is 24.9 Å². The Balaban J connectivity index is 1.36. The molecule has 2 aromatic rings. The lowest BCUT2D eigenvalue weighted by atomic mass is 9.82. The molecule has 53 heavy (non-hydrogen) atoms. The minimum atomic E-state index is -0.769. The molecule has 0 radical (unpaired) electrons. The number of aliphatic imine (C=N–C) groups is 1. The third kappa shape index (κ3) is 10.3. The van der Waals surface area contributed by atoms with E-state index in [1.807, 2.05) is 21.6 Å². The second kappa shape index (κ2) is 18.9. The van der Waals surface area contributed by atoms with E-state index < -0.39 is 6.10 Å². The van der Waals surface area contributed by atoms with Crippen LogP contribution in [0.1, 0.15) is 86.6 Å². The highest BCUT2D eigenvalue weighted by Gasteiger charge is 2.33. The topological polar surface area (TPSA) is 148 Å². The SMILES string of the molecule is COc1c(O)ccc2c1C#CCc1cc(c3c(c1OCNC1CCCC1)OC[C@H]([C@@H]1CN=C(N)N[C@H](C(C)C)CSSC1)C3)CC[C@@H](O)CC(=O)CC2. The number of phenols is 1. The zero-order valence-electron chi connectivity index (χ0n) is 31.4. The quantitative estimate of drug-likeness (QED) is 0.137. The molecule has 0 aromatic heterocycles. The number of nitrogens with one attached hydrogen (secondary N) is 2. The molecule has 1 fully saturated rings. The van der Waals surface area contributed by atoms with Crippen molar-refractivity contribution in [1.82, 2.24) is 10.6 Å². The van der Waals surface area contributed by atoms with Crippen LogP contribution in [0.4, 0.5) is 0 Å². The molecule has 0 spiro atoms. The van der Waals surface area contributed by atoms with Gasteiger partial charge in [-0.1, -0.05) is 72.3 Å². The number of hydrogen-bond donors (Lipinski definition) is 5. The number of aromatic hydroxyl groups is 1. The van der Waals surface area contributed by atoms with Crippen molar-refractivity contribution in [2.45, 2.75) is 103 Å². The molecule has 2 aliphatic heterocycles. The average molecular weight is 765 g/mol. The molecule has 1 saturated carbocycles. The molecule has 10 nitrogen and oxygen atoms in total. The number of phenolic OH excluding ortho intramolecular Hbond substituents is 1. The second-order valence-corrected chi connectivity index (χ2v) is 17.7. The van der Waals surface area contributed by atoms with Crippen molar-refractivity contribution in [2.75, 3.05) is 38.5 Å². The molecule has 2 aromatic carbocycles. The summed E-state index contributed by atoms with van der Waals surface area (Å²) in [6, 6.07) is 6.25. The summed E-state index contributed by atoms with van der Waals surface area (Å²) < 4.78 is 18.9. The van der Waals surface area contributed by atoms with Crippen LogP contribution in [0.3, 0.4) is 0 Å². The van der Waals surface area contributed by atoms with E-state index in [0.717, 1.165) is 58.8 Å². The van der Waals surface area contributed by atoms with E-state index in [2.05, 4.69) is 42.4 Å². The first-order chi connectivity index (χ1) is 25.7. The lowest BCUT2D eigenvalue weighted by molar-refractivity contribution is -0.121. The molecule has 4 aliphatic rings. The van der Waals surface area contributed by atoms with E-state index in [1.54, 1.807) is 12.1 Å². The molecule has 2 heterocycles. The van der Waals surface area contributed by atoms with Crippen LogP contribution < -0.4 is 30.6 Å². The lowest BCUT2D eigenvalue weighted by Crippen LogP contribution is -2.45. The van der Waals surface area contributed by atoms with Crippen LogP contribution in [-0.2, 0) is 30.5 Å². The number of hydrogen-bond acceptors (Lipinski definition) is 12. The van der Waals surface area contributed by atoms with Gasteiger partial charge in [-0.05, 0) is 67.6 Å². The average Bonchev–Trinajstić information content (AvgIpc) is 3.66. The van der Waals surface area contributed by atoms with Gasteiger partial charge in [-0.15, -0.1) is 0 Å². The van der Waals surface area contributed by atoms with Gasteiger partial charge in [0.15, 0.2) is 29.0 Å². The number of ether oxygens (including phenoxy) is 3. The summed E-state index contributed by atoms with van der Waals surface area (Å²) in [5, 5.41) is 28.7. The number of benzene rings is 2. The van der Waals surface area contributed by atoms with Crippen LogP contribution in [-0.4, -0.2) is 78.6 Å². The van der Waals surface area contributed by atoms with Gasteiger partial charge in [-0.25, -0.2) is 0 Å². The first-order valence-electron chi connectivity index (χ1n) is 19.2. The molecule has 288 valence electrons. The Bertz CT molecular complexity index is 1680. The highest BCUT2D eigenvalue weighted by molar-refractivity contribution is 8.76. The number of carbonyl (C=O) groups excluding carboxylic acids is 1. The number of rotatable bonds is 7. The number of ketones is 1. The summed E-state index contributed by atoms with van der Waals surface area (Å²) in [5.41, 5.74) is 10.9. The summed E-state index contributed by atoms with van der Waals surface area (Å²) in [7, 11) is 5.30. The van der Waals surface area contributed by atoms with Crippen LogP contribution >= 0.6 is 21.6 Å². The third-order valence-corrected chi connectivity index (χ3v) is 13.6. The number of fused-ring (bicyclic) bond motifs is 5. The molecule has 0 unspecified atom stereocenters. The zero-order valence-corrected chi connectivity index (χ0v) is 33.0. The maximum atomic E-state index is 13.1. The van der Waals surface area contributed by atoms with Crippen LogP contribution in [0.15, 0.2) is 23.2 Å². The molecule has 4 atom stereocenters. The molecular formula is C41H56N4O6S2. The predicted molar refractivity (Wildman–Crippen MR) is 214 cm³/mol. The first-order valence-corrected chi connectivity index (χ1v) is 21.7. The Morgan fingerprint density at radius 2 is 1.87 bits per heavy atom. The minimum Gasteiger partial charge on any atom is -0.504 e. The normalized spacial score (nSPS) is 24.5.